The Labute approximate surface area is 142 Å². The topological polar surface area (TPSA) is 38.3 Å². The maximum Gasteiger partial charge on any atom is 0.261 e. The zero-order valence-electron chi connectivity index (χ0n) is 13.6. The smallest absolute Gasteiger partial charge is 0.261 e. The molecule has 1 amide bonds. The molecule has 5 rings (SSSR count). The van der Waals surface area contributed by atoms with Crippen LogP contribution in [0.1, 0.15) is 45.4 Å². The number of amides is 1. The van der Waals surface area contributed by atoms with E-state index in [-0.39, 0.29) is 11.4 Å². The van der Waals surface area contributed by atoms with E-state index < -0.39 is 6.10 Å². The molecule has 23 heavy (non-hydrogen) atoms. The van der Waals surface area contributed by atoms with Crippen molar-refractivity contribution in [2.24, 2.45) is 17.8 Å². The zero-order valence-corrected chi connectivity index (χ0v) is 14.3. The number of nitrogens with one attached hydrogen (secondary N) is 1. The molecule has 124 valence electrons. The molecule has 1 aromatic carbocycles. The minimum absolute atomic E-state index is 0.0156. The van der Waals surface area contributed by atoms with Gasteiger partial charge in [-0.2, -0.15) is 0 Å². The Hall–Kier alpha value is -1.22. The molecule has 0 saturated heterocycles. The Morgan fingerprint density at radius 3 is 2.17 bits per heavy atom. The first-order chi connectivity index (χ1) is 11.0. The molecule has 4 aliphatic rings. The minimum atomic E-state index is -0.482. The van der Waals surface area contributed by atoms with Crippen LogP contribution in [0.4, 0.5) is 0 Å². The van der Waals surface area contributed by atoms with E-state index in [2.05, 4.69) is 5.32 Å². The van der Waals surface area contributed by atoms with Crippen molar-refractivity contribution in [3.8, 4) is 5.75 Å². The second kappa shape index (κ2) is 5.70. The van der Waals surface area contributed by atoms with Crippen LogP contribution in [0.5, 0.6) is 5.75 Å². The summed E-state index contributed by atoms with van der Waals surface area (Å²) < 4.78 is 5.77. The molecule has 0 radical (unpaired) electrons. The van der Waals surface area contributed by atoms with Crippen LogP contribution < -0.4 is 10.1 Å². The van der Waals surface area contributed by atoms with Crippen molar-refractivity contribution in [1.29, 1.82) is 0 Å². The summed E-state index contributed by atoms with van der Waals surface area (Å²) >= 11 is 5.88. The van der Waals surface area contributed by atoms with Crippen molar-refractivity contribution < 1.29 is 9.53 Å². The van der Waals surface area contributed by atoms with E-state index >= 15 is 0 Å². The number of carbonyl (C=O) groups is 1. The van der Waals surface area contributed by atoms with Crippen molar-refractivity contribution in [2.45, 2.75) is 57.1 Å². The first-order valence-electron chi connectivity index (χ1n) is 8.76. The van der Waals surface area contributed by atoms with Gasteiger partial charge in [-0.05, 0) is 87.5 Å². The Morgan fingerprint density at radius 1 is 1.13 bits per heavy atom. The van der Waals surface area contributed by atoms with Crippen molar-refractivity contribution in [3.05, 3.63) is 29.3 Å². The van der Waals surface area contributed by atoms with Gasteiger partial charge in [-0.1, -0.05) is 11.6 Å². The second-order valence-corrected chi connectivity index (χ2v) is 8.34. The monoisotopic (exact) mass is 333 g/mol. The second-order valence-electron chi connectivity index (χ2n) is 7.90. The molecule has 0 aliphatic heterocycles. The number of ether oxygens (including phenoxy) is 1. The maximum atomic E-state index is 12.6. The summed E-state index contributed by atoms with van der Waals surface area (Å²) in [5.41, 5.74) is 0.0451. The van der Waals surface area contributed by atoms with E-state index in [1.165, 1.54) is 38.5 Å². The summed E-state index contributed by atoms with van der Waals surface area (Å²) in [5, 5.41) is 4.04. The van der Waals surface area contributed by atoms with Gasteiger partial charge in [0, 0.05) is 10.6 Å². The van der Waals surface area contributed by atoms with Crippen LogP contribution in [0.3, 0.4) is 0 Å². The molecule has 0 heterocycles. The van der Waals surface area contributed by atoms with Crippen LogP contribution in [0.25, 0.3) is 0 Å². The molecule has 0 unspecified atom stereocenters. The van der Waals surface area contributed by atoms with Gasteiger partial charge in [0.2, 0.25) is 0 Å². The lowest BCUT2D eigenvalue weighted by Crippen LogP contribution is -2.61. The highest BCUT2D eigenvalue weighted by Gasteiger charge is 2.51. The molecule has 1 atom stereocenters. The Balaban J connectivity index is 1.40. The van der Waals surface area contributed by atoms with Gasteiger partial charge in [0.25, 0.3) is 5.91 Å². The van der Waals surface area contributed by atoms with E-state index in [9.17, 15) is 4.79 Å². The van der Waals surface area contributed by atoms with Gasteiger partial charge in [-0.3, -0.25) is 4.79 Å². The molecule has 0 spiro atoms. The predicted molar refractivity (Wildman–Crippen MR) is 90.6 cm³/mol. The highest BCUT2D eigenvalue weighted by atomic mass is 35.5. The molecule has 1 aromatic rings. The number of benzene rings is 1. The summed E-state index contributed by atoms with van der Waals surface area (Å²) in [7, 11) is 0. The molecule has 0 aromatic heterocycles. The molecular weight excluding hydrogens is 310 g/mol. The standard InChI is InChI=1S/C19H24ClNO2/c1-12(23-17-4-2-16(20)3-5-17)18(22)21-19-9-13-6-14(10-19)8-15(7-13)11-19/h2-5,12-15H,6-11H2,1H3,(H,21,22)/t12-,13?,14?,15?,19?/m0/s1. The third-order valence-corrected chi connectivity index (χ3v) is 6.17. The average Bonchev–Trinajstić information content (AvgIpc) is 2.47. The zero-order chi connectivity index (χ0) is 16.0. The quantitative estimate of drug-likeness (QED) is 0.897. The number of carbonyl (C=O) groups excluding carboxylic acids is 1. The van der Waals surface area contributed by atoms with Crippen molar-refractivity contribution in [3.63, 3.8) is 0 Å². The first kappa shape index (κ1) is 15.3. The van der Waals surface area contributed by atoms with Crippen LogP contribution in [0.15, 0.2) is 24.3 Å². The van der Waals surface area contributed by atoms with Crippen LogP contribution in [0, 0.1) is 17.8 Å². The van der Waals surface area contributed by atoms with E-state index in [1.807, 2.05) is 6.92 Å². The SMILES string of the molecule is C[C@H](Oc1ccc(Cl)cc1)C(=O)NC12CC3CC(CC(C3)C1)C2. The van der Waals surface area contributed by atoms with Crippen molar-refractivity contribution in [1.82, 2.24) is 5.32 Å². The number of rotatable bonds is 4. The lowest BCUT2D eigenvalue weighted by atomic mass is 9.53. The maximum absolute atomic E-state index is 12.6. The fraction of sp³-hybridized carbons (Fsp3) is 0.632. The van der Waals surface area contributed by atoms with E-state index in [1.54, 1.807) is 24.3 Å². The van der Waals surface area contributed by atoms with Crippen LogP contribution in [-0.2, 0) is 4.79 Å². The summed E-state index contributed by atoms with van der Waals surface area (Å²) in [4.78, 5) is 12.6. The number of halogens is 1. The summed E-state index contributed by atoms with van der Waals surface area (Å²) in [6.45, 7) is 1.82. The highest BCUT2D eigenvalue weighted by Crippen LogP contribution is 2.55. The number of hydrogen-bond donors (Lipinski definition) is 1. The van der Waals surface area contributed by atoms with Crippen molar-refractivity contribution >= 4 is 17.5 Å². The van der Waals surface area contributed by atoms with E-state index in [0.29, 0.717) is 10.8 Å². The Bertz CT molecular complexity index is 563. The Morgan fingerprint density at radius 2 is 1.65 bits per heavy atom. The van der Waals surface area contributed by atoms with Gasteiger partial charge in [0.05, 0.1) is 0 Å². The summed E-state index contributed by atoms with van der Waals surface area (Å²) in [6, 6.07) is 7.16. The predicted octanol–water partition coefficient (Wildman–Crippen LogP) is 4.19. The molecule has 4 bridgehead atoms. The molecular formula is C19H24ClNO2. The minimum Gasteiger partial charge on any atom is -0.481 e. The van der Waals surface area contributed by atoms with Gasteiger partial charge in [0.15, 0.2) is 6.10 Å². The van der Waals surface area contributed by atoms with Crippen LogP contribution in [-0.4, -0.2) is 17.6 Å². The Kier molecular flexibility index (Phi) is 3.79. The fourth-order valence-electron chi connectivity index (χ4n) is 5.40. The summed E-state index contributed by atoms with van der Waals surface area (Å²) in [6.07, 6.45) is 7.16. The molecule has 3 nitrogen and oxygen atoms in total. The molecule has 4 fully saturated rings. The van der Waals surface area contributed by atoms with Gasteiger partial charge in [0.1, 0.15) is 5.75 Å². The normalized spacial score (nSPS) is 35.8. The summed E-state index contributed by atoms with van der Waals surface area (Å²) in [5.74, 6) is 3.18. The fourth-order valence-corrected chi connectivity index (χ4v) is 5.52. The van der Waals surface area contributed by atoms with Crippen LogP contribution in [0.2, 0.25) is 5.02 Å². The third-order valence-electron chi connectivity index (χ3n) is 5.92. The van der Waals surface area contributed by atoms with E-state index in [0.717, 1.165) is 17.8 Å². The number of hydrogen-bond acceptors (Lipinski definition) is 2. The highest BCUT2D eigenvalue weighted by molar-refractivity contribution is 6.30. The molecule has 4 heteroatoms. The van der Waals surface area contributed by atoms with Crippen molar-refractivity contribution in [2.75, 3.05) is 0 Å². The third kappa shape index (κ3) is 3.08. The molecule has 1 N–H and O–H groups in total. The van der Waals surface area contributed by atoms with Gasteiger partial charge < -0.3 is 10.1 Å². The van der Waals surface area contributed by atoms with Crippen LogP contribution >= 0.6 is 11.6 Å². The molecule has 4 aliphatic carbocycles. The van der Waals surface area contributed by atoms with E-state index in [4.69, 9.17) is 16.3 Å². The largest absolute Gasteiger partial charge is 0.481 e. The lowest BCUT2D eigenvalue weighted by molar-refractivity contribution is -0.133. The average molecular weight is 334 g/mol. The lowest BCUT2D eigenvalue weighted by Gasteiger charge is -2.57. The van der Waals surface area contributed by atoms with Gasteiger partial charge in [-0.15, -0.1) is 0 Å². The first-order valence-corrected chi connectivity index (χ1v) is 9.13. The molecule has 4 saturated carbocycles. The van der Waals surface area contributed by atoms with Gasteiger partial charge >= 0.3 is 0 Å². The van der Waals surface area contributed by atoms with Gasteiger partial charge in [-0.25, -0.2) is 0 Å².